The molecule has 0 amide bonds. The lowest BCUT2D eigenvalue weighted by Crippen LogP contribution is -2.23. The van der Waals surface area contributed by atoms with Crippen LogP contribution in [0.1, 0.15) is 18.1 Å². The molecule has 0 saturated carbocycles. The molecule has 2 N–H and O–H groups in total. The molecule has 0 bridgehead atoms. The van der Waals surface area contributed by atoms with Crippen LogP contribution in [0.2, 0.25) is 10.0 Å². The molecule has 3 rings (SSSR count). The molecule has 3 nitrogen and oxygen atoms in total. The Labute approximate surface area is 151 Å². The molecule has 1 atom stereocenters. The Kier molecular flexibility index (Phi) is 5.47. The third kappa shape index (κ3) is 3.76. The fourth-order valence-corrected chi connectivity index (χ4v) is 3.38. The van der Waals surface area contributed by atoms with Crippen LogP contribution in [0.5, 0.6) is 0 Å². The van der Waals surface area contributed by atoms with Crippen molar-refractivity contribution in [1.82, 2.24) is 9.88 Å². The first-order valence-corrected chi connectivity index (χ1v) is 8.70. The van der Waals surface area contributed by atoms with Gasteiger partial charge in [0, 0.05) is 45.8 Å². The predicted molar refractivity (Wildman–Crippen MR) is 101 cm³/mol. The lowest BCUT2D eigenvalue weighted by molar-refractivity contribution is 0.191. The summed E-state index contributed by atoms with van der Waals surface area (Å²) in [5, 5.41) is 15.2. The second-order valence-electron chi connectivity index (χ2n) is 5.98. The molecule has 5 heteroatoms. The van der Waals surface area contributed by atoms with Crippen molar-refractivity contribution in [3.63, 3.8) is 0 Å². The number of aromatic nitrogens is 1. The fraction of sp³-hybridized carbons (Fsp3) is 0.263. The van der Waals surface area contributed by atoms with Crippen molar-refractivity contribution in [1.29, 1.82) is 0 Å². The van der Waals surface area contributed by atoms with Gasteiger partial charge in [-0.1, -0.05) is 47.5 Å². The molecule has 0 spiro atoms. The monoisotopic (exact) mass is 362 g/mol. The average molecular weight is 363 g/mol. The van der Waals surface area contributed by atoms with Crippen LogP contribution in [0.15, 0.2) is 48.7 Å². The fourth-order valence-electron chi connectivity index (χ4n) is 2.86. The number of nitrogens with one attached hydrogen (secondary N) is 1. The summed E-state index contributed by atoms with van der Waals surface area (Å²) in [6, 6.07) is 13.8. The molecule has 24 heavy (non-hydrogen) atoms. The minimum Gasteiger partial charge on any atom is -0.392 e. The number of nitrogens with zero attached hydrogens (tertiary/aromatic N) is 1. The summed E-state index contributed by atoms with van der Waals surface area (Å²) in [6.45, 7) is 3.66. The van der Waals surface area contributed by atoms with Crippen molar-refractivity contribution in [2.24, 2.45) is 0 Å². The lowest BCUT2D eigenvalue weighted by atomic mass is 10.2. The summed E-state index contributed by atoms with van der Waals surface area (Å²) in [5.41, 5.74) is 3.25. The Morgan fingerprint density at radius 2 is 1.79 bits per heavy atom. The van der Waals surface area contributed by atoms with Gasteiger partial charge < -0.3 is 15.0 Å². The van der Waals surface area contributed by atoms with E-state index < -0.39 is 0 Å². The van der Waals surface area contributed by atoms with Crippen LogP contribution in [0.25, 0.3) is 10.9 Å². The van der Waals surface area contributed by atoms with E-state index in [0.29, 0.717) is 29.7 Å². The smallest absolute Gasteiger partial charge is 0.0636 e. The van der Waals surface area contributed by atoms with Crippen molar-refractivity contribution in [2.75, 3.05) is 6.54 Å². The van der Waals surface area contributed by atoms with Crippen LogP contribution in [0, 0.1) is 0 Å². The van der Waals surface area contributed by atoms with E-state index in [1.807, 2.05) is 30.3 Å². The van der Waals surface area contributed by atoms with E-state index in [1.54, 1.807) is 6.92 Å². The van der Waals surface area contributed by atoms with Gasteiger partial charge in [0.2, 0.25) is 0 Å². The maximum atomic E-state index is 9.41. The van der Waals surface area contributed by atoms with E-state index in [0.717, 1.165) is 11.1 Å². The minimum atomic E-state index is -0.361. The molecule has 1 aromatic heterocycles. The van der Waals surface area contributed by atoms with E-state index in [-0.39, 0.29) is 6.10 Å². The maximum Gasteiger partial charge on any atom is 0.0636 e. The number of benzene rings is 2. The van der Waals surface area contributed by atoms with Crippen LogP contribution in [0.3, 0.4) is 0 Å². The third-order valence-electron chi connectivity index (χ3n) is 4.02. The Morgan fingerprint density at radius 1 is 1.08 bits per heavy atom. The molecular weight excluding hydrogens is 343 g/mol. The number of hydrogen-bond acceptors (Lipinski definition) is 2. The van der Waals surface area contributed by atoms with Crippen LogP contribution in [-0.2, 0) is 13.1 Å². The number of halogens is 2. The highest BCUT2D eigenvalue weighted by Gasteiger charge is 2.11. The highest BCUT2D eigenvalue weighted by molar-refractivity contribution is 6.36. The Morgan fingerprint density at radius 3 is 2.50 bits per heavy atom. The number of fused-ring (bicyclic) bond motifs is 1. The summed E-state index contributed by atoms with van der Waals surface area (Å²) in [7, 11) is 0. The summed E-state index contributed by atoms with van der Waals surface area (Å²) in [6.07, 6.45) is 1.76. The quantitative estimate of drug-likeness (QED) is 0.678. The number of para-hydroxylation sites is 1. The summed E-state index contributed by atoms with van der Waals surface area (Å²) in [4.78, 5) is 0. The standard InChI is InChI=1S/C19H20Cl2N2O/c1-13(24)9-22-10-14-11-23(19-8-3-2-5-15(14)19)12-16-17(20)6-4-7-18(16)21/h2-8,11,13,22,24H,9-10,12H2,1H3/t13-/m0/s1. The van der Waals surface area contributed by atoms with Crippen molar-refractivity contribution in [3.05, 3.63) is 69.8 Å². The summed E-state index contributed by atoms with van der Waals surface area (Å²) >= 11 is 12.6. The highest BCUT2D eigenvalue weighted by atomic mass is 35.5. The van der Waals surface area contributed by atoms with Crippen LogP contribution in [-0.4, -0.2) is 22.3 Å². The Hall–Kier alpha value is -1.52. The van der Waals surface area contributed by atoms with Crippen molar-refractivity contribution in [3.8, 4) is 0 Å². The Bertz CT molecular complexity index is 822. The zero-order valence-electron chi connectivity index (χ0n) is 13.5. The molecule has 0 aliphatic carbocycles. The van der Waals surface area contributed by atoms with Gasteiger partial charge in [-0.25, -0.2) is 0 Å². The maximum absolute atomic E-state index is 9.41. The molecule has 1 heterocycles. The number of rotatable bonds is 6. The molecule has 0 unspecified atom stereocenters. The summed E-state index contributed by atoms with van der Waals surface area (Å²) < 4.78 is 2.17. The van der Waals surface area contributed by atoms with Gasteiger partial charge in [0.25, 0.3) is 0 Å². The van der Waals surface area contributed by atoms with Crippen LogP contribution in [0.4, 0.5) is 0 Å². The van der Waals surface area contributed by atoms with Gasteiger partial charge >= 0.3 is 0 Å². The molecule has 0 fully saturated rings. The van der Waals surface area contributed by atoms with Crippen LogP contribution < -0.4 is 5.32 Å². The number of aliphatic hydroxyl groups excluding tert-OH is 1. The van der Waals surface area contributed by atoms with Crippen molar-refractivity contribution >= 4 is 34.1 Å². The zero-order valence-corrected chi connectivity index (χ0v) is 15.0. The lowest BCUT2D eigenvalue weighted by Gasteiger charge is -2.09. The van der Waals surface area contributed by atoms with Gasteiger partial charge in [0.15, 0.2) is 0 Å². The predicted octanol–water partition coefficient (Wildman–Crippen LogP) is 4.47. The Balaban J connectivity index is 1.93. The SMILES string of the molecule is C[C@H](O)CNCc1cn(Cc2c(Cl)cccc2Cl)c2ccccc12. The van der Waals surface area contributed by atoms with E-state index in [9.17, 15) is 5.11 Å². The van der Waals surface area contributed by atoms with E-state index in [2.05, 4.69) is 28.2 Å². The molecule has 0 aliphatic rings. The zero-order chi connectivity index (χ0) is 17.1. The van der Waals surface area contributed by atoms with E-state index in [1.165, 1.54) is 10.9 Å². The molecule has 0 aliphatic heterocycles. The van der Waals surface area contributed by atoms with E-state index >= 15 is 0 Å². The van der Waals surface area contributed by atoms with Crippen molar-refractivity contribution in [2.45, 2.75) is 26.1 Å². The molecule has 0 saturated heterocycles. The van der Waals surface area contributed by atoms with Gasteiger partial charge in [0.1, 0.15) is 0 Å². The molecular formula is C19H20Cl2N2O. The first-order valence-electron chi connectivity index (χ1n) is 7.94. The minimum absolute atomic E-state index is 0.361. The second-order valence-corrected chi connectivity index (χ2v) is 6.79. The highest BCUT2D eigenvalue weighted by Crippen LogP contribution is 2.28. The average Bonchev–Trinajstić information content (AvgIpc) is 2.89. The molecule has 0 radical (unpaired) electrons. The number of hydrogen-bond donors (Lipinski definition) is 2. The second kappa shape index (κ2) is 7.58. The largest absolute Gasteiger partial charge is 0.392 e. The molecule has 2 aromatic carbocycles. The topological polar surface area (TPSA) is 37.2 Å². The third-order valence-corrected chi connectivity index (χ3v) is 4.72. The number of aliphatic hydroxyl groups is 1. The van der Waals surface area contributed by atoms with E-state index in [4.69, 9.17) is 23.2 Å². The van der Waals surface area contributed by atoms with Gasteiger partial charge in [-0.2, -0.15) is 0 Å². The van der Waals surface area contributed by atoms with Gasteiger partial charge in [-0.05, 0) is 30.7 Å². The van der Waals surface area contributed by atoms with Crippen molar-refractivity contribution < 1.29 is 5.11 Å². The normalized spacial score (nSPS) is 12.7. The molecule has 126 valence electrons. The first-order chi connectivity index (χ1) is 11.6. The van der Waals surface area contributed by atoms with Gasteiger partial charge in [-0.3, -0.25) is 0 Å². The summed E-state index contributed by atoms with van der Waals surface area (Å²) in [5.74, 6) is 0. The molecule has 3 aromatic rings. The van der Waals surface area contributed by atoms with Crippen LogP contribution >= 0.6 is 23.2 Å². The first kappa shape index (κ1) is 17.3. The van der Waals surface area contributed by atoms with Gasteiger partial charge in [0.05, 0.1) is 12.6 Å². The van der Waals surface area contributed by atoms with Gasteiger partial charge in [-0.15, -0.1) is 0 Å².